The van der Waals surface area contributed by atoms with E-state index in [0.29, 0.717) is 5.56 Å². The lowest BCUT2D eigenvalue weighted by Gasteiger charge is -2.05. The minimum absolute atomic E-state index is 0.0181. The van der Waals surface area contributed by atoms with Gasteiger partial charge in [-0.3, -0.25) is 9.89 Å². The third-order valence-corrected chi connectivity index (χ3v) is 2.64. The van der Waals surface area contributed by atoms with Gasteiger partial charge in [-0.15, -0.1) is 0 Å². The number of nitrogens with two attached hydrogens (primary N) is 1. The molecule has 7 heteroatoms. The second-order valence-corrected chi connectivity index (χ2v) is 4.04. The first-order valence-electron chi connectivity index (χ1n) is 5.09. The molecule has 1 heterocycles. The number of aromatic nitrogens is 2. The number of hydrogen-bond acceptors (Lipinski definition) is 3. The third-order valence-electron chi connectivity index (χ3n) is 2.35. The molecule has 1 aromatic carbocycles. The number of anilines is 1. The van der Waals surface area contributed by atoms with Crippen LogP contribution >= 0.6 is 11.6 Å². The lowest BCUT2D eigenvalue weighted by molar-refractivity contribution is 0.0952. The SMILES string of the molecule is Nc1[nH]ncc1C(=O)NCc1ccc(F)c(Cl)c1. The van der Waals surface area contributed by atoms with Crippen molar-refractivity contribution in [2.45, 2.75) is 6.54 Å². The van der Waals surface area contributed by atoms with E-state index in [1.165, 1.54) is 18.3 Å². The average molecular weight is 269 g/mol. The van der Waals surface area contributed by atoms with E-state index in [1.807, 2.05) is 0 Å². The molecule has 2 rings (SSSR count). The van der Waals surface area contributed by atoms with Crippen LogP contribution in [-0.2, 0) is 6.54 Å². The molecule has 0 saturated carbocycles. The largest absolute Gasteiger partial charge is 0.383 e. The van der Waals surface area contributed by atoms with Crippen LogP contribution in [-0.4, -0.2) is 16.1 Å². The van der Waals surface area contributed by atoms with E-state index in [4.69, 9.17) is 17.3 Å². The highest BCUT2D eigenvalue weighted by atomic mass is 35.5. The Morgan fingerprint density at radius 2 is 2.33 bits per heavy atom. The van der Waals surface area contributed by atoms with Gasteiger partial charge in [0.1, 0.15) is 17.2 Å². The van der Waals surface area contributed by atoms with Gasteiger partial charge < -0.3 is 11.1 Å². The van der Waals surface area contributed by atoms with Gasteiger partial charge in [0.05, 0.1) is 11.2 Å². The second kappa shape index (κ2) is 5.05. The topological polar surface area (TPSA) is 83.8 Å². The Labute approximate surface area is 107 Å². The Bertz CT molecular complexity index is 584. The molecule has 5 nitrogen and oxygen atoms in total. The summed E-state index contributed by atoms with van der Waals surface area (Å²) in [5.74, 6) is -0.655. The van der Waals surface area contributed by atoms with E-state index in [-0.39, 0.29) is 28.9 Å². The zero-order chi connectivity index (χ0) is 13.1. The molecule has 0 bridgehead atoms. The first-order chi connectivity index (χ1) is 8.58. The van der Waals surface area contributed by atoms with Crippen LogP contribution in [0.25, 0.3) is 0 Å². The smallest absolute Gasteiger partial charge is 0.256 e. The minimum Gasteiger partial charge on any atom is -0.383 e. The number of nitrogens with zero attached hydrogens (tertiary/aromatic N) is 1. The van der Waals surface area contributed by atoms with Crippen LogP contribution in [0.3, 0.4) is 0 Å². The zero-order valence-corrected chi connectivity index (χ0v) is 9.96. The molecule has 0 radical (unpaired) electrons. The molecular formula is C11H10ClFN4O. The van der Waals surface area contributed by atoms with Crippen molar-refractivity contribution >= 4 is 23.3 Å². The molecule has 2 aromatic rings. The van der Waals surface area contributed by atoms with E-state index in [1.54, 1.807) is 6.07 Å². The molecule has 0 fully saturated rings. The van der Waals surface area contributed by atoms with Gasteiger partial charge in [-0.1, -0.05) is 17.7 Å². The highest BCUT2D eigenvalue weighted by Gasteiger charge is 2.11. The Kier molecular flexibility index (Phi) is 3.47. The van der Waals surface area contributed by atoms with Crippen molar-refractivity contribution in [2.75, 3.05) is 5.73 Å². The number of amides is 1. The van der Waals surface area contributed by atoms with Crippen LogP contribution in [0.5, 0.6) is 0 Å². The Morgan fingerprint density at radius 1 is 1.56 bits per heavy atom. The first-order valence-corrected chi connectivity index (χ1v) is 5.46. The molecule has 0 aliphatic carbocycles. The van der Waals surface area contributed by atoms with E-state index < -0.39 is 5.82 Å². The number of carbonyl (C=O) groups excluding carboxylic acids is 1. The standard InChI is InChI=1S/C11H10ClFN4O/c12-8-3-6(1-2-9(8)13)4-15-11(18)7-5-16-17-10(7)14/h1-3,5H,4H2,(H,15,18)(H3,14,16,17). The monoisotopic (exact) mass is 268 g/mol. The lowest BCUT2D eigenvalue weighted by Crippen LogP contribution is -2.23. The van der Waals surface area contributed by atoms with Crippen molar-refractivity contribution in [1.29, 1.82) is 0 Å². The van der Waals surface area contributed by atoms with Crippen molar-refractivity contribution in [3.05, 3.63) is 46.4 Å². The quantitative estimate of drug-likeness (QED) is 0.792. The summed E-state index contributed by atoms with van der Waals surface area (Å²) in [7, 11) is 0. The number of nitrogen functional groups attached to an aromatic ring is 1. The highest BCUT2D eigenvalue weighted by molar-refractivity contribution is 6.30. The molecule has 0 aliphatic rings. The van der Waals surface area contributed by atoms with Gasteiger partial charge in [-0.2, -0.15) is 5.10 Å². The van der Waals surface area contributed by atoms with Crippen LogP contribution in [0.1, 0.15) is 15.9 Å². The summed E-state index contributed by atoms with van der Waals surface area (Å²) in [5, 5.41) is 8.75. The number of halogens is 2. The summed E-state index contributed by atoms with van der Waals surface area (Å²) in [6, 6.07) is 4.24. The number of benzene rings is 1. The number of aromatic amines is 1. The summed E-state index contributed by atoms with van der Waals surface area (Å²) in [5.41, 5.74) is 6.46. The lowest BCUT2D eigenvalue weighted by atomic mass is 10.2. The van der Waals surface area contributed by atoms with Gasteiger partial charge in [0, 0.05) is 6.54 Å². The van der Waals surface area contributed by atoms with Gasteiger partial charge in [-0.05, 0) is 17.7 Å². The predicted octanol–water partition coefficient (Wildman–Crippen LogP) is 1.71. The van der Waals surface area contributed by atoms with E-state index >= 15 is 0 Å². The molecule has 94 valence electrons. The van der Waals surface area contributed by atoms with E-state index in [0.717, 1.165) is 0 Å². The van der Waals surface area contributed by atoms with Crippen molar-refractivity contribution < 1.29 is 9.18 Å². The van der Waals surface area contributed by atoms with Gasteiger partial charge in [0.25, 0.3) is 5.91 Å². The number of nitrogens with one attached hydrogen (secondary N) is 2. The summed E-state index contributed by atoms with van der Waals surface area (Å²) in [4.78, 5) is 11.7. The van der Waals surface area contributed by atoms with Crippen LogP contribution < -0.4 is 11.1 Å². The molecule has 1 amide bonds. The van der Waals surface area contributed by atoms with Crippen molar-refractivity contribution in [3.63, 3.8) is 0 Å². The zero-order valence-electron chi connectivity index (χ0n) is 9.21. The van der Waals surface area contributed by atoms with Gasteiger partial charge >= 0.3 is 0 Å². The molecule has 0 unspecified atom stereocenters. The Balaban J connectivity index is 2.02. The molecule has 0 aliphatic heterocycles. The van der Waals surface area contributed by atoms with Gasteiger partial charge in [0.15, 0.2) is 0 Å². The maximum atomic E-state index is 12.9. The number of rotatable bonds is 3. The van der Waals surface area contributed by atoms with Crippen LogP contribution in [0.2, 0.25) is 5.02 Å². The second-order valence-electron chi connectivity index (χ2n) is 3.63. The summed E-state index contributed by atoms with van der Waals surface area (Å²) in [6.45, 7) is 0.226. The molecule has 0 atom stereocenters. The molecule has 0 spiro atoms. The number of H-pyrrole nitrogens is 1. The Morgan fingerprint density at radius 3 is 2.94 bits per heavy atom. The number of hydrogen-bond donors (Lipinski definition) is 3. The van der Waals surface area contributed by atoms with Gasteiger partial charge in [-0.25, -0.2) is 4.39 Å². The van der Waals surface area contributed by atoms with Gasteiger partial charge in [0.2, 0.25) is 0 Å². The van der Waals surface area contributed by atoms with Crippen molar-refractivity contribution in [2.24, 2.45) is 0 Å². The third kappa shape index (κ3) is 2.60. The highest BCUT2D eigenvalue weighted by Crippen LogP contribution is 2.16. The normalized spacial score (nSPS) is 10.3. The van der Waals surface area contributed by atoms with E-state index in [9.17, 15) is 9.18 Å². The molecule has 4 N–H and O–H groups in total. The average Bonchev–Trinajstić information content (AvgIpc) is 2.77. The summed E-state index contributed by atoms with van der Waals surface area (Å²) >= 11 is 5.63. The fourth-order valence-corrected chi connectivity index (χ4v) is 1.61. The number of carbonyl (C=O) groups is 1. The molecule has 18 heavy (non-hydrogen) atoms. The van der Waals surface area contributed by atoms with Crippen molar-refractivity contribution in [3.8, 4) is 0 Å². The van der Waals surface area contributed by atoms with Crippen molar-refractivity contribution in [1.82, 2.24) is 15.5 Å². The summed E-state index contributed by atoms with van der Waals surface area (Å²) < 4.78 is 12.9. The molecule has 0 saturated heterocycles. The fourth-order valence-electron chi connectivity index (χ4n) is 1.40. The maximum Gasteiger partial charge on any atom is 0.256 e. The fraction of sp³-hybridized carbons (Fsp3) is 0.0909. The Hall–Kier alpha value is -2.08. The molecular weight excluding hydrogens is 259 g/mol. The maximum absolute atomic E-state index is 12.9. The van der Waals surface area contributed by atoms with Crippen LogP contribution in [0, 0.1) is 5.82 Å². The summed E-state index contributed by atoms with van der Waals surface area (Å²) in [6.07, 6.45) is 1.34. The van der Waals surface area contributed by atoms with Crippen LogP contribution in [0.4, 0.5) is 10.2 Å². The van der Waals surface area contributed by atoms with E-state index in [2.05, 4.69) is 15.5 Å². The first kappa shape index (κ1) is 12.4. The van der Waals surface area contributed by atoms with Crippen LogP contribution in [0.15, 0.2) is 24.4 Å². The minimum atomic E-state index is -0.495. The molecule has 1 aromatic heterocycles. The predicted molar refractivity (Wildman–Crippen MR) is 65.6 cm³/mol.